The summed E-state index contributed by atoms with van der Waals surface area (Å²) in [4.78, 5) is 7.31. The highest BCUT2D eigenvalue weighted by Gasteiger charge is 2.25. The summed E-state index contributed by atoms with van der Waals surface area (Å²) in [5, 5.41) is 6.72. The Bertz CT molecular complexity index is 678. The molecule has 3 heterocycles. The van der Waals surface area contributed by atoms with Crippen LogP contribution in [0.15, 0.2) is 44.4 Å². The van der Waals surface area contributed by atoms with E-state index in [-0.39, 0.29) is 30.0 Å². The fraction of sp³-hybridized carbons (Fsp3) is 0.550. The number of guanidine groups is 1. The maximum absolute atomic E-state index is 5.92. The fourth-order valence-corrected chi connectivity index (χ4v) is 3.35. The van der Waals surface area contributed by atoms with E-state index in [1.54, 1.807) is 6.26 Å². The first-order chi connectivity index (χ1) is 12.8. The number of nitrogens with zero attached hydrogens (tertiary/aromatic N) is 2. The molecule has 0 radical (unpaired) electrons. The van der Waals surface area contributed by atoms with Gasteiger partial charge in [-0.2, -0.15) is 0 Å². The first-order valence-corrected chi connectivity index (χ1v) is 9.61. The van der Waals surface area contributed by atoms with Crippen LogP contribution in [0.4, 0.5) is 0 Å². The molecule has 0 saturated carbocycles. The van der Waals surface area contributed by atoms with Crippen molar-refractivity contribution in [3.8, 4) is 0 Å². The van der Waals surface area contributed by atoms with Crippen LogP contribution in [-0.4, -0.2) is 43.6 Å². The van der Waals surface area contributed by atoms with Crippen molar-refractivity contribution in [2.45, 2.75) is 39.2 Å². The van der Waals surface area contributed by atoms with Crippen LogP contribution in [0.5, 0.6) is 0 Å². The molecule has 2 aromatic rings. The Balaban J connectivity index is 0.00000261. The van der Waals surface area contributed by atoms with Crippen LogP contribution in [0, 0.1) is 6.92 Å². The number of aliphatic imine (C=N–C) groups is 1. The summed E-state index contributed by atoms with van der Waals surface area (Å²) < 4.78 is 11.3. The normalized spacial score (nSPS) is 16.1. The molecule has 0 spiro atoms. The molecule has 7 heteroatoms. The van der Waals surface area contributed by atoms with E-state index < -0.39 is 0 Å². The van der Waals surface area contributed by atoms with Gasteiger partial charge in [0.2, 0.25) is 0 Å². The monoisotopic (exact) mass is 486 g/mol. The van der Waals surface area contributed by atoms with E-state index in [9.17, 15) is 0 Å². The highest BCUT2D eigenvalue weighted by Crippen LogP contribution is 2.26. The molecule has 2 aromatic heterocycles. The molecule has 1 atom stereocenters. The molecule has 0 aliphatic carbocycles. The zero-order valence-corrected chi connectivity index (χ0v) is 18.6. The Morgan fingerprint density at radius 3 is 2.67 bits per heavy atom. The zero-order chi connectivity index (χ0) is 18.2. The van der Waals surface area contributed by atoms with Gasteiger partial charge in [0, 0.05) is 19.5 Å². The third-order valence-electron chi connectivity index (χ3n) is 4.68. The first kappa shape index (κ1) is 21.8. The minimum atomic E-state index is 0. The van der Waals surface area contributed by atoms with Gasteiger partial charge in [-0.1, -0.05) is 0 Å². The summed E-state index contributed by atoms with van der Waals surface area (Å²) in [6, 6.07) is 8.24. The van der Waals surface area contributed by atoms with Crippen LogP contribution in [0.3, 0.4) is 0 Å². The van der Waals surface area contributed by atoms with Crippen molar-refractivity contribution < 1.29 is 8.83 Å². The van der Waals surface area contributed by atoms with Crippen molar-refractivity contribution in [2.75, 3.05) is 32.7 Å². The van der Waals surface area contributed by atoms with Crippen molar-refractivity contribution in [3.05, 3.63) is 47.8 Å². The van der Waals surface area contributed by atoms with Crippen molar-refractivity contribution in [1.29, 1.82) is 0 Å². The molecule has 1 unspecified atom stereocenters. The number of halogens is 1. The van der Waals surface area contributed by atoms with Gasteiger partial charge in [0.15, 0.2) is 5.96 Å². The number of hydrogen-bond acceptors (Lipinski definition) is 4. The molecule has 150 valence electrons. The van der Waals surface area contributed by atoms with E-state index in [0.29, 0.717) is 6.54 Å². The quantitative estimate of drug-likeness (QED) is 0.338. The molecule has 1 aliphatic heterocycles. The lowest BCUT2D eigenvalue weighted by atomic mass is 10.2. The van der Waals surface area contributed by atoms with E-state index in [4.69, 9.17) is 13.8 Å². The van der Waals surface area contributed by atoms with E-state index >= 15 is 0 Å². The Morgan fingerprint density at radius 1 is 1.22 bits per heavy atom. The highest BCUT2D eigenvalue weighted by molar-refractivity contribution is 14.0. The average Bonchev–Trinajstić information content (AvgIpc) is 3.38. The predicted molar refractivity (Wildman–Crippen MR) is 119 cm³/mol. The lowest BCUT2D eigenvalue weighted by molar-refractivity contribution is 0.219. The Morgan fingerprint density at radius 2 is 2.04 bits per heavy atom. The van der Waals surface area contributed by atoms with Crippen molar-refractivity contribution >= 4 is 29.9 Å². The minimum absolute atomic E-state index is 0. The number of rotatable bonds is 8. The van der Waals surface area contributed by atoms with Crippen molar-refractivity contribution in [2.24, 2.45) is 4.99 Å². The number of furan rings is 2. The van der Waals surface area contributed by atoms with Gasteiger partial charge in [0.1, 0.15) is 17.3 Å². The maximum Gasteiger partial charge on any atom is 0.191 e. The summed E-state index contributed by atoms with van der Waals surface area (Å²) in [6.45, 7) is 8.61. The summed E-state index contributed by atoms with van der Waals surface area (Å²) in [5.74, 6) is 3.79. The topological polar surface area (TPSA) is 65.9 Å². The molecule has 0 aromatic carbocycles. The number of aryl methyl sites for hydroxylation is 1. The third kappa shape index (κ3) is 6.57. The van der Waals surface area contributed by atoms with Crippen LogP contribution in [0.2, 0.25) is 0 Å². The van der Waals surface area contributed by atoms with Crippen LogP contribution < -0.4 is 10.6 Å². The molecule has 27 heavy (non-hydrogen) atoms. The van der Waals surface area contributed by atoms with Gasteiger partial charge in [-0.3, -0.25) is 9.89 Å². The van der Waals surface area contributed by atoms with Crippen molar-refractivity contribution in [3.63, 3.8) is 0 Å². The molecule has 3 rings (SSSR count). The molecule has 0 bridgehead atoms. The molecule has 1 saturated heterocycles. The Labute approximate surface area is 178 Å². The SMILES string of the molecule is CCNC(=NCC(c1ccc(C)o1)N1CCCC1)NCCc1ccco1.I. The van der Waals surface area contributed by atoms with Crippen LogP contribution in [-0.2, 0) is 6.42 Å². The molecule has 6 nitrogen and oxygen atoms in total. The van der Waals surface area contributed by atoms with Crippen LogP contribution >= 0.6 is 24.0 Å². The van der Waals surface area contributed by atoms with E-state index in [1.165, 1.54) is 12.8 Å². The van der Waals surface area contributed by atoms with Gasteiger partial charge in [0.25, 0.3) is 0 Å². The molecular weight excluding hydrogens is 455 g/mol. The molecule has 1 aliphatic rings. The molecule has 0 amide bonds. The Hall–Kier alpha value is -1.48. The molecule has 2 N–H and O–H groups in total. The maximum atomic E-state index is 5.92. The highest BCUT2D eigenvalue weighted by atomic mass is 127. The van der Waals surface area contributed by atoms with Gasteiger partial charge >= 0.3 is 0 Å². The first-order valence-electron chi connectivity index (χ1n) is 9.61. The smallest absolute Gasteiger partial charge is 0.191 e. The van der Waals surface area contributed by atoms with E-state index in [1.807, 2.05) is 25.1 Å². The standard InChI is InChI=1S/C20H30N4O2.HI/c1-3-21-20(22-11-10-17-7-6-14-25-17)23-15-18(24-12-4-5-13-24)19-9-8-16(2)26-19;/h6-9,14,18H,3-5,10-13,15H2,1-2H3,(H2,21,22,23);1H. The Kier molecular flexibility index (Phi) is 9.20. The van der Waals surface area contributed by atoms with Gasteiger partial charge in [-0.05, 0) is 64.0 Å². The lowest BCUT2D eigenvalue weighted by Crippen LogP contribution is -2.39. The largest absolute Gasteiger partial charge is 0.469 e. The third-order valence-corrected chi connectivity index (χ3v) is 4.68. The second-order valence-electron chi connectivity index (χ2n) is 6.68. The number of nitrogens with one attached hydrogen (secondary N) is 2. The van der Waals surface area contributed by atoms with Gasteiger partial charge < -0.3 is 19.5 Å². The fourth-order valence-electron chi connectivity index (χ4n) is 3.35. The van der Waals surface area contributed by atoms with Gasteiger partial charge in [-0.25, -0.2) is 0 Å². The summed E-state index contributed by atoms with van der Waals surface area (Å²) >= 11 is 0. The predicted octanol–water partition coefficient (Wildman–Crippen LogP) is 3.73. The molecule has 1 fully saturated rings. The second-order valence-corrected chi connectivity index (χ2v) is 6.68. The number of hydrogen-bond donors (Lipinski definition) is 2. The number of likely N-dealkylation sites (tertiary alicyclic amines) is 1. The summed E-state index contributed by atoms with van der Waals surface area (Å²) in [7, 11) is 0. The summed E-state index contributed by atoms with van der Waals surface area (Å²) in [5.41, 5.74) is 0. The minimum Gasteiger partial charge on any atom is -0.469 e. The second kappa shape index (κ2) is 11.4. The van der Waals surface area contributed by atoms with Crippen molar-refractivity contribution in [1.82, 2.24) is 15.5 Å². The zero-order valence-electron chi connectivity index (χ0n) is 16.2. The average molecular weight is 486 g/mol. The summed E-state index contributed by atoms with van der Waals surface area (Å²) in [6.07, 6.45) is 5.05. The van der Waals surface area contributed by atoms with Gasteiger partial charge in [-0.15, -0.1) is 24.0 Å². The van der Waals surface area contributed by atoms with Crippen LogP contribution in [0.25, 0.3) is 0 Å². The lowest BCUT2D eigenvalue weighted by Gasteiger charge is -2.24. The van der Waals surface area contributed by atoms with E-state index in [0.717, 1.165) is 55.8 Å². The van der Waals surface area contributed by atoms with Gasteiger partial charge in [0.05, 0.1) is 18.8 Å². The molecular formula is C20H31IN4O2. The van der Waals surface area contributed by atoms with E-state index in [2.05, 4.69) is 28.5 Å². The van der Waals surface area contributed by atoms with Crippen LogP contribution in [0.1, 0.15) is 43.1 Å².